The van der Waals surface area contributed by atoms with Gasteiger partial charge in [-0.1, -0.05) is 25.2 Å². The number of anilines is 1. The normalized spacial score (nSPS) is 18.2. The average Bonchev–Trinajstić information content (AvgIpc) is 2.75. The minimum Gasteiger partial charge on any atom is -0.374 e. The molecule has 4 heteroatoms. The fourth-order valence-electron chi connectivity index (χ4n) is 1.47. The molecule has 1 saturated carbocycles. The first-order valence-electron chi connectivity index (χ1n) is 4.20. The minimum absolute atomic E-state index is 0.190. The molecule has 1 fully saturated rings. The first kappa shape index (κ1) is 7.98. The van der Waals surface area contributed by atoms with E-state index in [4.69, 9.17) is 5.73 Å². The topological polar surface area (TPSA) is 51.8 Å². The molecule has 0 saturated heterocycles. The van der Waals surface area contributed by atoms with Crippen LogP contribution in [0.3, 0.4) is 0 Å². The summed E-state index contributed by atoms with van der Waals surface area (Å²) in [4.78, 5) is 0. The lowest BCUT2D eigenvalue weighted by atomic mass is 9.88. The van der Waals surface area contributed by atoms with E-state index in [0.29, 0.717) is 5.13 Å². The van der Waals surface area contributed by atoms with Crippen molar-refractivity contribution in [2.24, 2.45) is 5.92 Å². The number of hydrogen-bond donors (Lipinski definition) is 1. The number of nitrogen functional groups attached to an aromatic ring is 1. The number of nitrogens with zero attached hydrogens (tertiary/aromatic N) is 2. The Balaban J connectivity index is 2.27. The van der Waals surface area contributed by atoms with Gasteiger partial charge in [-0.15, -0.1) is 10.2 Å². The Morgan fingerprint density at radius 2 is 2.08 bits per heavy atom. The lowest BCUT2D eigenvalue weighted by Gasteiger charge is -2.19. The van der Waals surface area contributed by atoms with E-state index in [0.717, 1.165) is 10.9 Å². The second kappa shape index (κ2) is 2.42. The molecule has 0 spiro atoms. The first-order chi connectivity index (χ1) is 5.60. The van der Waals surface area contributed by atoms with Crippen molar-refractivity contribution in [3.05, 3.63) is 5.01 Å². The maximum Gasteiger partial charge on any atom is 0.203 e. The Labute approximate surface area is 76.0 Å². The molecule has 0 aliphatic heterocycles. The third-order valence-electron chi connectivity index (χ3n) is 2.59. The monoisotopic (exact) mass is 183 g/mol. The lowest BCUT2D eigenvalue weighted by Crippen LogP contribution is -2.19. The van der Waals surface area contributed by atoms with Gasteiger partial charge in [0.1, 0.15) is 5.01 Å². The third kappa shape index (κ3) is 1.20. The van der Waals surface area contributed by atoms with Crippen molar-refractivity contribution in [2.75, 3.05) is 5.73 Å². The zero-order chi connectivity index (χ0) is 8.77. The van der Waals surface area contributed by atoms with Crippen molar-refractivity contribution in [3.63, 3.8) is 0 Å². The van der Waals surface area contributed by atoms with Gasteiger partial charge in [0.15, 0.2) is 0 Å². The van der Waals surface area contributed by atoms with E-state index in [1.165, 1.54) is 24.2 Å². The molecule has 0 bridgehead atoms. The molecule has 12 heavy (non-hydrogen) atoms. The number of rotatable bonds is 2. The van der Waals surface area contributed by atoms with Gasteiger partial charge in [-0.3, -0.25) is 0 Å². The summed E-state index contributed by atoms with van der Waals surface area (Å²) in [6, 6.07) is 0. The average molecular weight is 183 g/mol. The maximum atomic E-state index is 5.54. The van der Waals surface area contributed by atoms with Gasteiger partial charge in [0, 0.05) is 5.41 Å². The smallest absolute Gasteiger partial charge is 0.203 e. The van der Waals surface area contributed by atoms with E-state index in [1.54, 1.807) is 0 Å². The van der Waals surface area contributed by atoms with Crippen LogP contribution in [0.5, 0.6) is 0 Å². The van der Waals surface area contributed by atoms with E-state index in [2.05, 4.69) is 24.0 Å². The zero-order valence-corrected chi connectivity index (χ0v) is 8.19. The van der Waals surface area contributed by atoms with Crippen LogP contribution in [0.2, 0.25) is 0 Å². The van der Waals surface area contributed by atoms with Gasteiger partial charge in [0.25, 0.3) is 0 Å². The second-order valence-electron chi connectivity index (χ2n) is 3.94. The molecular formula is C8H13N3S. The summed E-state index contributed by atoms with van der Waals surface area (Å²) in [6.45, 7) is 4.45. The van der Waals surface area contributed by atoms with Crippen LogP contribution >= 0.6 is 11.3 Å². The molecule has 2 N–H and O–H groups in total. The molecule has 1 aliphatic rings. The lowest BCUT2D eigenvalue weighted by molar-refractivity contribution is 0.448. The Hall–Kier alpha value is -0.640. The van der Waals surface area contributed by atoms with Crippen LogP contribution < -0.4 is 5.73 Å². The van der Waals surface area contributed by atoms with Crippen LogP contribution in [0.4, 0.5) is 5.13 Å². The van der Waals surface area contributed by atoms with Crippen LogP contribution in [-0.2, 0) is 5.41 Å². The van der Waals surface area contributed by atoms with Crippen LogP contribution in [0.1, 0.15) is 31.7 Å². The number of hydrogen-bond acceptors (Lipinski definition) is 4. The van der Waals surface area contributed by atoms with E-state index in [1.807, 2.05) is 0 Å². The Bertz CT molecular complexity index is 288. The highest BCUT2D eigenvalue weighted by molar-refractivity contribution is 7.15. The molecule has 3 nitrogen and oxygen atoms in total. The number of nitrogens with two attached hydrogens (primary N) is 1. The molecule has 1 heterocycles. The van der Waals surface area contributed by atoms with Crippen LogP contribution in [0.15, 0.2) is 0 Å². The summed E-state index contributed by atoms with van der Waals surface area (Å²) in [7, 11) is 0. The largest absolute Gasteiger partial charge is 0.374 e. The van der Waals surface area contributed by atoms with Crippen molar-refractivity contribution >= 4 is 16.5 Å². The van der Waals surface area contributed by atoms with E-state index < -0.39 is 0 Å². The molecular weight excluding hydrogens is 170 g/mol. The summed E-state index contributed by atoms with van der Waals surface area (Å²) in [6.07, 6.45) is 2.65. The van der Waals surface area contributed by atoms with Gasteiger partial charge < -0.3 is 5.73 Å². The summed E-state index contributed by atoms with van der Waals surface area (Å²) in [5.74, 6) is 0.796. The highest BCUT2D eigenvalue weighted by Gasteiger charge is 2.41. The predicted molar refractivity (Wildman–Crippen MR) is 50.1 cm³/mol. The van der Waals surface area contributed by atoms with Crippen LogP contribution in [0.25, 0.3) is 0 Å². The van der Waals surface area contributed by atoms with Gasteiger partial charge in [0.2, 0.25) is 5.13 Å². The molecule has 0 radical (unpaired) electrons. The van der Waals surface area contributed by atoms with Crippen molar-refractivity contribution in [1.82, 2.24) is 10.2 Å². The van der Waals surface area contributed by atoms with Gasteiger partial charge >= 0.3 is 0 Å². The van der Waals surface area contributed by atoms with Crippen molar-refractivity contribution < 1.29 is 0 Å². The fourth-order valence-corrected chi connectivity index (χ4v) is 2.27. The fraction of sp³-hybridized carbons (Fsp3) is 0.750. The molecule has 1 aliphatic carbocycles. The molecule has 0 unspecified atom stereocenters. The highest BCUT2D eigenvalue weighted by atomic mass is 32.1. The quantitative estimate of drug-likeness (QED) is 0.760. The third-order valence-corrected chi connectivity index (χ3v) is 3.68. The van der Waals surface area contributed by atoms with Crippen LogP contribution in [-0.4, -0.2) is 10.2 Å². The van der Waals surface area contributed by atoms with Crippen molar-refractivity contribution in [2.45, 2.75) is 32.1 Å². The maximum absolute atomic E-state index is 5.54. The SMILES string of the molecule is CC(C)(c1nnc(N)s1)C1CC1. The predicted octanol–water partition coefficient (Wildman–Crippen LogP) is 1.81. The van der Waals surface area contributed by atoms with Crippen molar-refractivity contribution in [1.29, 1.82) is 0 Å². The summed E-state index contributed by atoms with van der Waals surface area (Å²) < 4.78 is 0. The molecule has 66 valence electrons. The second-order valence-corrected chi connectivity index (χ2v) is 4.95. The number of aromatic nitrogens is 2. The molecule has 0 atom stereocenters. The van der Waals surface area contributed by atoms with Crippen LogP contribution in [0, 0.1) is 5.92 Å². The van der Waals surface area contributed by atoms with Gasteiger partial charge in [-0.25, -0.2) is 0 Å². The molecule has 1 aromatic heterocycles. The summed E-state index contributed by atoms with van der Waals surface area (Å²) >= 11 is 1.52. The van der Waals surface area contributed by atoms with Gasteiger partial charge in [-0.05, 0) is 18.8 Å². The van der Waals surface area contributed by atoms with E-state index >= 15 is 0 Å². The van der Waals surface area contributed by atoms with E-state index in [9.17, 15) is 0 Å². The Morgan fingerprint density at radius 1 is 1.42 bits per heavy atom. The molecule has 0 amide bonds. The first-order valence-corrected chi connectivity index (χ1v) is 5.02. The Kier molecular flexibility index (Phi) is 1.61. The summed E-state index contributed by atoms with van der Waals surface area (Å²) in [5, 5.41) is 9.60. The molecule has 1 aromatic rings. The molecule has 2 rings (SSSR count). The minimum atomic E-state index is 0.190. The molecule has 0 aromatic carbocycles. The van der Waals surface area contributed by atoms with E-state index in [-0.39, 0.29) is 5.41 Å². The Morgan fingerprint density at radius 3 is 2.50 bits per heavy atom. The van der Waals surface area contributed by atoms with Gasteiger partial charge in [0.05, 0.1) is 0 Å². The zero-order valence-electron chi connectivity index (χ0n) is 7.37. The van der Waals surface area contributed by atoms with Gasteiger partial charge in [-0.2, -0.15) is 0 Å². The standard InChI is InChI=1S/C8H13N3S/c1-8(2,5-3-4-5)6-10-11-7(9)12-6/h5H,3-4H2,1-2H3,(H2,9,11). The highest BCUT2D eigenvalue weighted by Crippen LogP contribution is 2.47. The summed E-state index contributed by atoms with van der Waals surface area (Å²) in [5.41, 5.74) is 5.73. The van der Waals surface area contributed by atoms with Crippen molar-refractivity contribution in [3.8, 4) is 0 Å².